The van der Waals surface area contributed by atoms with Crippen LogP contribution in [0.4, 0.5) is 5.69 Å². The molecule has 1 aliphatic heterocycles. The van der Waals surface area contributed by atoms with Gasteiger partial charge in [0.15, 0.2) is 5.11 Å². The van der Waals surface area contributed by atoms with E-state index < -0.39 is 10.0 Å². The van der Waals surface area contributed by atoms with Crippen LogP contribution >= 0.6 is 12.2 Å². The lowest BCUT2D eigenvalue weighted by Crippen LogP contribution is -2.33. The smallest absolute Gasteiger partial charge is 0.243 e. The summed E-state index contributed by atoms with van der Waals surface area (Å²) in [7, 11) is -2.01. The van der Waals surface area contributed by atoms with Crippen molar-refractivity contribution in [1.82, 2.24) is 9.62 Å². The van der Waals surface area contributed by atoms with E-state index in [0.717, 1.165) is 24.0 Å². The molecule has 4 rings (SSSR count). The fourth-order valence-electron chi connectivity index (χ4n) is 3.96. The van der Waals surface area contributed by atoms with Gasteiger partial charge in [0.05, 0.1) is 23.7 Å². The van der Waals surface area contributed by atoms with Crippen LogP contribution in [0.2, 0.25) is 0 Å². The molecule has 0 amide bonds. The number of thiocarbonyl (C=S) groups is 1. The lowest BCUT2D eigenvalue weighted by atomic mass is 9.99. The number of hydrogen-bond acceptors (Lipinski definition) is 4. The molecule has 0 aromatic heterocycles. The Balaban J connectivity index is 1.59. The summed E-state index contributed by atoms with van der Waals surface area (Å²) in [5.41, 5.74) is 2.62. The SMILES string of the molecule is COc1ccc(S(=O)(=O)N2CCCC2)cc1NC(=S)NC(c1ccccc1)c1ccccc1. The Bertz CT molecular complexity index is 1160. The number of nitrogens with zero attached hydrogens (tertiary/aromatic N) is 1. The van der Waals surface area contributed by atoms with Crippen LogP contribution in [0.15, 0.2) is 83.8 Å². The molecule has 1 fully saturated rings. The Morgan fingerprint density at radius 2 is 1.52 bits per heavy atom. The quantitative estimate of drug-likeness (QED) is 0.482. The van der Waals surface area contributed by atoms with Crippen molar-refractivity contribution in [3.63, 3.8) is 0 Å². The molecular weight excluding hydrogens is 454 g/mol. The van der Waals surface area contributed by atoms with Crippen molar-refractivity contribution in [1.29, 1.82) is 0 Å². The minimum atomic E-state index is -3.56. The predicted octanol–water partition coefficient (Wildman–Crippen LogP) is 4.56. The van der Waals surface area contributed by atoms with Gasteiger partial charge in [0.25, 0.3) is 0 Å². The first-order chi connectivity index (χ1) is 16.0. The first-order valence-electron chi connectivity index (χ1n) is 10.8. The molecule has 1 heterocycles. The van der Waals surface area contributed by atoms with Gasteiger partial charge in [-0.15, -0.1) is 0 Å². The van der Waals surface area contributed by atoms with Crippen molar-refractivity contribution >= 4 is 33.0 Å². The largest absolute Gasteiger partial charge is 0.495 e. The van der Waals surface area contributed by atoms with Gasteiger partial charge >= 0.3 is 0 Å². The Hall–Kier alpha value is -2.94. The van der Waals surface area contributed by atoms with Crippen LogP contribution in [0, 0.1) is 0 Å². The zero-order valence-corrected chi connectivity index (χ0v) is 20.0. The maximum atomic E-state index is 13.0. The lowest BCUT2D eigenvalue weighted by Gasteiger charge is -2.23. The van der Waals surface area contributed by atoms with E-state index >= 15 is 0 Å². The third kappa shape index (κ3) is 5.35. The van der Waals surface area contributed by atoms with Crippen LogP contribution in [0.1, 0.15) is 30.0 Å². The van der Waals surface area contributed by atoms with Gasteiger partial charge in [0.1, 0.15) is 5.75 Å². The lowest BCUT2D eigenvalue weighted by molar-refractivity contribution is 0.416. The van der Waals surface area contributed by atoms with Gasteiger partial charge in [-0.05, 0) is 54.4 Å². The van der Waals surface area contributed by atoms with E-state index in [-0.39, 0.29) is 10.9 Å². The minimum Gasteiger partial charge on any atom is -0.495 e. The van der Waals surface area contributed by atoms with Crippen molar-refractivity contribution < 1.29 is 13.2 Å². The van der Waals surface area contributed by atoms with Gasteiger partial charge in [0.2, 0.25) is 10.0 Å². The molecule has 0 spiro atoms. The number of hydrogen-bond donors (Lipinski definition) is 2. The average molecular weight is 482 g/mol. The van der Waals surface area contributed by atoms with Crippen molar-refractivity contribution in [3.05, 3.63) is 90.0 Å². The summed E-state index contributed by atoms with van der Waals surface area (Å²) in [6, 6.07) is 24.7. The summed E-state index contributed by atoms with van der Waals surface area (Å²) < 4.78 is 33.0. The molecule has 2 N–H and O–H groups in total. The van der Waals surface area contributed by atoms with Gasteiger partial charge in [0, 0.05) is 13.1 Å². The van der Waals surface area contributed by atoms with Crippen LogP contribution in [0.3, 0.4) is 0 Å². The second-order valence-electron chi connectivity index (χ2n) is 7.83. The van der Waals surface area contributed by atoms with Crippen LogP contribution in [0.25, 0.3) is 0 Å². The van der Waals surface area contributed by atoms with E-state index in [4.69, 9.17) is 17.0 Å². The Morgan fingerprint density at radius 3 is 2.06 bits per heavy atom. The summed E-state index contributed by atoms with van der Waals surface area (Å²) >= 11 is 5.63. The second kappa shape index (κ2) is 10.3. The highest BCUT2D eigenvalue weighted by atomic mass is 32.2. The normalized spacial score (nSPS) is 14.2. The number of nitrogens with one attached hydrogen (secondary N) is 2. The first kappa shape index (κ1) is 23.2. The van der Waals surface area contributed by atoms with Crippen molar-refractivity contribution in [2.24, 2.45) is 0 Å². The second-order valence-corrected chi connectivity index (χ2v) is 10.2. The summed E-state index contributed by atoms with van der Waals surface area (Å²) in [5.74, 6) is 0.510. The number of rotatable bonds is 7. The molecule has 1 aliphatic rings. The van der Waals surface area contributed by atoms with Crippen molar-refractivity contribution in [3.8, 4) is 5.75 Å². The van der Waals surface area contributed by atoms with E-state index in [9.17, 15) is 8.42 Å². The number of methoxy groups -OCH3 is 1. The summed E-state index contributed by atoms with van der Waals surface area (Å²) in [4.78, 5) is 0.221. The molecule has 0 unspecified atom stereocenters. The van der Waals surface area contributed by atoms with Crippen molar-refractivity contribution in [2.45, 2.75) is 23.8 Å². The van der Waals surface area contributed by atoms with Gasteiger partial charge in [-0.25, -0.2) is 8.42 Å². The molecule has 0 bridgehead atoms. The van der Waals surface area contributed by atoms with E-state index in [1.807, 2.05) is 60.7 Å². The summed E-state index contributed by atoms with van der Waals surface area (Å²) in [5, 5.41) is 6.88. The Labute approximate surface area is 200 Å². The molecule has 3 aromatic carbocycles. The molecule has 1 saturated heterocycles. The zero-order chi connectivity index (χ0) is 23.3. The number of sulfonamides is 1. The fraction of sp³-hybridized carbons (Fsp3) is 0.240. The van der Waals surface area contributed by atoms with Crippen LogP contribution < -0.4 is 15.4 Å². The molecule has 33 heavy (non-hydrogen) atoms. The Morgan fingerprint density at radius 1 is 0.939 bits per heavy atom. The molecule has 8 heteroatoms. The third-order valence-electron chi connectivity index (χ3n) is 5.66. The zero-order valence-electron chi connectivity index (χ0n) is 18.4. The van der Waals surface area contributed by atoms with Crippen LogP contribution in [0.5, 0.6) is 5.75 Å². The molecule has 0 radical (unpaired) electrons. The van der Waals surface area contributed by atoms with Gasteiger partial charge in [-0.1, -0.05) is 60.7 Å². The number of anilines is 1. The maximum absolute atomic E-state index is 13.0. The van der Waals surface area contributed by atoms with Gasteiger partial charge < -0.3 is 15.4 Å². The van der Waals surface area contributed by atoms with E-state index in [1.165, 1.54) is 4.31 Å². The van der Waals surface area contributed by atoms with Crippen LogP contribution in [-0.4, -0.2) is 38.0 Å². The molecule has 0 saturated carbocycles. The van der Waals surface area contributed by atoms with E-state index in [2.05, 4.69) is 10.6 Å². The van der Waals surface area contributed by atoms with Gasteiger partial charge in [-0.3, -0.25) is 0 Å². The van der Waals surface area contributed by atoms with Crippen LogP contribution in [-0.2, 0) is 10.0 Å². The monoisotopic (exact) mass is 481 g/mol. The number of benzene rings is 3. The molecule has 6 nitrogen and oxygen atoms in total. The highest BCUT2D eigenvalue weighted by Crippen LogP contribution is 2.30. The average Bonchev–Trinajstić information content (AvgIpc) is 3.40. The predicted molar refractivity (Wildman–Crippen MR) is 135 cm³/mol. The van der Waals surface area contributed by atoms with Crippen molar-refractivity contribution in [2.75, 3.05) is 25.5 Å². The molecule has 0 atom stereocenters. The standard InChI is InChI=1S/C25H27N3O3S2/c1-31-23-15-14-21(33(29,30)28-16-8-9-17-28)18-22(23)26-25(32)27-24(19-10-4-2-5-11-19)20-12-6-3-7-13-20/h2-7,10-15,18,24H,8-9,16-17H2,1H3,(H2,26,27,32). The highest BCUT2D eigenvalue weighted by Gasteiger charge is 2.28. The maximum Gasteiger partial charge on any atom is 0.243 e. The molecule has 0 aliphatic carbocycles. The highest BCUT2D eigenvalue weighted by molar-refractivity contribution is 7.89. The van der Waals surface area contributed by atoms with E-state index in [0.29, 0.717) is 29.6 Å². The molecule has 3 aromatic rings. The fourth-order valence-corrected chi connectivity index (χ4v) is 5.73. The molecule has 172 valence electrons. The Kier molecular flexibility index (Phi) is 7.27. The molecular formula is C25H27N3O3S2. The number of ether oxygens (including phenoxy) is 1. The summed E-state index contributed by atoms with van der Waals surface area (Å²) in [6.45, 7) is 1.10. The van der Waals surface area contributed by atoms with Gasteiger partial charge in [-0.2, -0.15) is 4.31 Å². The topological polar surface area (TPSA) is 70.7 Å². The third-order valence-corrected chi connectivity index (χ3v) is 7.78. The van der Waals surface area contributed by atoms with E-state index in [1.54, 1.807) is 25.3 Å². The summed E-state index contributed by atoms with van der Waals surface area (Å²) in [6.07, 6.45) is 1.77. The minimum absolute atomic E-state index is 0.171. The first-order valence-corrected chi connectivity index (χ1v) is 12.7.